The lowest BCUT2D eigenvalue weighted by atomic mass is 9.72. The molecule has 2 aromatic heterocycles. The van der Waals surface area contributed by atoms with Gasteiger partial charge in [-0.15, -0.1) is 0 Å². The van der Waals surface area contributed by atoms with Crippen molar-refractivity contribution in [3.63, 3.8) is 0 Å². The summed E-state index contributed by atoms with van der Waals surface area (Å²) in [6, 6.07) is 26.4. The number of nitro groups is 1. The van der Waals surface area contributed by atoms with E-state index in [0.717, 1.165) is 163 Å². The summed E-state index contributed by atoms with van der Waals surface area (Å²) in [7, 11) is -4.61. The third kappa shape index (κ3) is 15.0. The normalized spacial score (nSPS) is 21.0. The number of pyridine rings is 1. The van der Waals surface area contributed by atoms with Gasteiger partial charge in [0.05, 0.1) is 21.6 Å². The van der Waals surface area contributed by atoms with E-state index < -0.39 is 37.5 Å². The van der Waals surface area contributed by atoms with Crippen molar-refractivity contribution < 1.29 is 37.3 Å². The molecule has 6 aliphatic rings. The van der Waals surface area contributed by atoms with Crippen molar-refractivity contribution in [1.29, 1.82) is 0 Å². The van der Waals surface area contributed by atoms with E-state index in [2.05, 4.69) is 77.0 Å². The van der Waals surface area contributed by atoms with Gasteiger partial charge in [0.15, 0.2) is 0 Å². The highest BCUT2D eigenvalue weighted by Crippen LogP contribution is 2.44. The number of hydrogen-bond acceptors (Lipinski definition) is 15. The number of nitro benzene ring substituents is 1. The zero-order valence-electron chi connectivity index (χ0n) is 52.0. The number of fused-ring (bicyclic) bond motifs is 2. The molecule has 4 aromatic carbocycles. The second kappa shape index (κ2) is 27.6. The molecule has 4 amide bonds. The van der Waals surface area contributed by atoms with Crippen LogP contribution in [0.15, 0.2) is 114 Å². The topological polar surface area (TPSA) is 236 Å². The van der Waals surface area contributed by atoms with E-state index in [4.69, 9.17) is 16.3 Å². The lowest BCUT2D eigenvalue weighted by molar-refractivity contribution is -0.384. The molecule has 12 rings (SSSR count). The fourth-order valence-electron chi connectivity index (χ4n) is 14.4. The fraction of sp³-hybridized carbons (Fsp3) is 0.464. The Kier molecular flexibility index (Phi) is 19.3. The second-order valence-electron chi connectivity index (χ2n) is 26.4. The van der Waals surface area contributed by atoms with Crippen LogP contribution in [0.3, 0.4) is 0 Å². The van der Waals surface area contributed by atoms with Crippen LogP contribution in [-0.2, 0) is 32.6 Å². The molecule has 1 unspecified atom stereocenters. The van der Waals surface area contributed by atoms with Crippen molar-refractivity contribution in [3.05, 3.63) is 152 Å². The Balaban J connectivity index is 0.603. The number of carbonyl (C=O) groups is 4. The number of aryl methyl sites for hydroxylation is 1. The Morgan fingerprint density at radius 1 is 0.846 bits per heavy atom. The average Bonchev–Trinajstić information content (AvgIpc) is 1.77. The quantitative estimate of drug-likeness (QED) is 0.0214. The number of H-pyrrole nitrogens is 1. The number of nitrogens with one attached hydrogen (secondary N) is 4. The maximum Gasteiger partial charge on any atom is 0.293 e. The summed E-state index contributed by atoms with van der Waals surface area (Å²) in [5.74, 6) is -1.00. The number of allylic oxidation sites excluding steroid dienone is 1. The van der Waals surface area contributed by atoms with E-state index >= 15 is 0 Å². The number of piperidine rings is 1. The third-order valence-corrected chi connectivity index (χ3v) is 21.3. The van der Waals surface area contributed by atoms with Gasteiger partial charge in [0.1, 0.15) is 28.9 Å². The van der Waals surface area contributed by atoms with Crippen LogP contribution in [0.25, 0.3) is 16.6 Å². The number of unbranched alkanes of at least 4 members (excludes halogenated alkanes) is 3. The molecule has 1 atom stereocenters. The average molecular weight is 1280 g/mol. The number of aromatic amines is 1. The Labute approximate surface area is 537 Å². The number of benzene rings is 4. The van der Waals surface area contributed by atoms with Crippen LogP contribution in [0.4, 0.5) is 17.1 Å². The number of nitrogens with zero attached hydrogens (tertiary/aromatic N) is 7. The van der Waals surface area contributed by atoms with Crippen LogP contribution < -0.4 is 25.0 Å². The smallest absolute Gasteiger partial charge is 0.293 e. The summed E-state index contributed by atoms with van der Waals surface area (Å²) >= 11 is 6.28. The summed E-state index contributed by atoms with van der Waals surface area (Å²) in [5, 5.41) is 19.7. The molecule has 0 radical (unpaired) electrons. The summed E-state index contributed by atoms with van der Waals surface area (Å²) < 4.78 is 36.6. The van der Waals surface area contributed by atoms with Gasteiger partial charge in [-0.1, -0.05) is 68.1 Å². The summed E-state index contributed by atoms with van der Waals surface area (Å²) in [6.45, 7) is 14.7. The maximum atomic E-state index is 14.2. The minimum Gasteiger partial charge on any atom is -0.455 e. The molecule has 91 heavy (non-hydrogen) atoms. The van der Waals surface area contributed by atoms with Crippen molar-refractivity contribution >= 4 is 78.9 Å². The van der Waals surface area contributed by atoms with Crippen molar-refractivity contribution in [2.75, 3.05) is 82.2 Å². The molecular weight excluding hydrogens is 1190 g/mol. The van der Waals surface area contributed by atoms with Crippen LogP contribution >= 0.6 is 11.6 Å². The molecule has 22 heteroatoms. The second-order valence-corrected chi connectivity index (χ2v) is 28.5. The first-order valence-electron chi connectivity index (χ1n) is 32.4. The molecule has 4 fully saturated rings. The van der Waals surface area contributed by atoms with E-state index in [9.17, 15) is 37.7 Å². The van der Waals surface area contributed by atoms with Crippen LogP contribution in [0.5, 0.6) is 11.5 Å². The third-order valence-electron chi connectivity index (χ3n) is 19.7. The Morgan fingerprint density at radius 3 is 2.38 bits per heavy atom. The van der Waals surface area contributed by atoms with E-state index in [-0.39, 0.29) is 52.5 Å². The highest BCUT2D eigenvalue weighted by Gasteiger charge is 2.40. The predicted molar refractivity (Wildman–Crippen MR) is 352 cm³/mol. The van der Waals surface area contributed by atoms with Crippen LogP contribution in [0.1, 0.15) is 135 Å². The number of amides is 4. The molecular formula is C69H82ClN11O9S. The molecule has 3 saturated heterocycles. The first-order chi connectivity index (χ1) is 43.9. The number of piperazine rings is 2. The number of ether oxygens (including phenoxy) is 1. The lowest BCUT2D eigenvalue weighted by Crippen LogP contribution is -2.52. The van der Waals surface area contributed by atoms with E-state index in [0.29, 0.717) is 55.6 Å². The van der Waals surface area contributed by atoms with E-state index in [1.54, 1.807) is 35.4 Å². The molecule has 1 saturated carbocycles. The molecule has 4 N–H and O–H groups in total. The molecule has 4 aliphatic heterocycles. The minimum atomic E-state index is -4.61. The van der Waals surface area contributed by atoms with E-state index in [1.165, 1.54) is 35.0 Å². The summed E-state index contributed by atoms with van der Waals surface area (Å²) in [4.78, 5) is 82.3. The van der Waals surface area contributed by atoms with Crippen molar-refractivity contribution in [1.82, 2.24) is 39.6 Å². The van der Waals surface area contributed by atoms with Crippen molar-refractivity contribution in [3.8, 4) is 11.5 Å². The van der Waals surface area contributed by atoms with Crippen LogP contribution in [-0.4, -0.2) is 151 Å². The number of imide groups is 1. The summed E-state index contributed by atoms with van der Waals surface area (Å²) in [5.41, 5.74) is 8.37. The fourth-order valence-corrected chi connectivity index (χ4v) is 15.5. The van der Waals surface area contributed by atoms with Crippen LogP contribution in [0.2, 0.25) is 5.02 Å². The van der Waals surface area contributed by atoms with Gasteiger partial charge in [-0.3, -0.25) is 44.4 Å². The molecule has 6 aromatic rings. The molecule has 20 nitrogen and oxygen atoms in total. The first-order valence-corrected chi connectivity index (χ1v) is 34.3. The van der Waals surface area contributed by atoms with Crippen LogP contribution in [0, 0.1) is 21.4 Å². The molecule has 6 heterocycles. The highest BCUT2D eigenvalue weighted by molar-refractivity contribution is 7.90. The van der Waals surface area contributed by atoms with E-state index in [1.807, 2.05) is 30.3 Å². The largest absolute Gasteiger partial charge is 0.455 e. The number of anilines is 2. The number of halogens is 1. The van der Waals surface area contributed by atoms with Gasteiger partial charge in [0, 0.05) is 124 Å². The molecule has 0 bridgehead atoms. The van der Waals surface area contributed by atoms with Gasteiger partial charge >= 0.3 is 0 Å². The van der Waals surface area contributed by atoms with Gasteiger partial charge in [-0.2, -0.15) is 0 Å². The number of rotatable bonds is 22. The predicted octanol–water partition coefficient (Wildman–Crippen LogP) is 11.0. The Morgan fingerprint density at radius 2 is 1.62 bits per heavy atom. The van der Waals surface area contributed by atoms with Gasteiger partial charge in [-0.05, 0) is 165 Å². The van der Waals surface area contributed by atoms with Gasteiger partial charge in [0.25, 0.3) is 27.5 Å². The highest BCUT2D eigenvalue weighted by atomic mass is 35.5. The number of hydrogen-bond donors (Lipinski definition) is 4. The van der Waals surface area contributed by atoms with Crippen molar-refractivity contribution in [2.24, 2.45) is 11.3 Å². The number of carbonyl (C=O) groups excluding carboxylic acids is 4. The maximum absolute atomic E-state index is 14.2. The standard InChI is InChI=1S/C69H82ClN11O9S/c1-69(2)27-25-50(58(41-69)48-13-15-51(70)16-14-48)44-77-32-36-79(37-33-77)53-19-21-57(63(39-53)90-54-38-49-26-28-71-65(49)73-43-54)66(83)75-91(88,89)55-20-22-60(62(40-55)81(86)87)72-42-46-11-17-52(18-12-46)78-34-30-76(31-35-78)29-6-4-3-5-8-47-9-7-10-56-59(47)45-80(68(56)85)61-23-24-64(82)74-67(61)84/h7,9-10,13-16,19-22,26,28,38-40,43,46,52,61,72H,3-6,8,11-12,17-18,23-25,27,29-37,41-42,44-45H2,1-2H3,(H,71,73)(H,75,83)(H,74,82,84). The zero-order chi connectivity index (χ0) is 63.4. The number of aromatic nitrogens is 2. The van der Waals surface area contributed by atoms with Gasteiger partial charge < -0.3 is 29.7 Å². The SMILES string of the molecule is CC1(C)CCC(CN2CCN(c3ccc(C(=O)NS(=O)(=O)c4ccc(NCC5CCC(N6CCN(CCCCCCc7cccc8c7CN(C7CCC(=O)NC7=O)C8=O)CC6)CC5)c([N+](=O)[O-])c4)c(Oc4cnc5[nH]ccc5c4)c3)CC2)=C(c2ccc(Cl)cc2)C1. The van der Waals surface area contributed by atoms with Gasteiger partial charge in [0.2, 0.25) is 11.8 Å². The molecule has 0 spiro atoms. The molecule has 2 aliphatic carbocycles. The Bertz CT molecular complexity index is 3850. The number of sulfonamides is 1. The Hall–Kier alpha value is -7.69. The summed E-state index contributed by atoms with van der Waals surface area (Å²) in [6.07, 6.45) is 16.3. The molecule has 480 valence electrons. The first kappa shape index (κ1) is 63.5. The van der Waals surface area contributed by atoms with Crippen molar-refractivity contribution in [2.45, 2.75) is 127 Å². The monoisotopic (exact) mass is 1280 g/mol. The lowest BCUT2D eigenvalue weighted by Gasteiger charge is -2.42. The zero-order valence-corrected chi connectivity index (χ0v) is 53.6. The minimum absolute atomic E-state index is 0.0411. The van der Waals surface area contributed by atoms with Gasteiger partial charge in [-0.25, -0.2) is 18.1 Å².